The Labute approximate surface area is 194 Å². The van der Waals surface area contributed by atoms with Gasteiger partial charge in [-0.2, -0.15) is 0 Å². The van der Waals surface area contributed by atoms with Crippen LogP contribution in [0.2, 0.25) is 0 Å². The summed E-state index contributed by atoms with van der Waals surface area (Å²) in [6, 6.07) is 24.3. The molecular formula is C27H29N3O3. The first kappa shape index (κ1) is 22.6. The zero-order chi connectivity index (χ0) is 23.0. The third-order valence-corrected chi connectivity index (χ3v) is 5.86. The molecule has 3 aromatic rings. The minimum atomic E-state index is -0.298. The van der Waals surface area contributed by atoms with Crippen LogP contribution in [0.4, 0.5) is 16.2 Å². The molecule has 4 rings (SSSR count). The highest BCUT2D eigenvalue weighted by Gasteiger charge is 2.30. The first-order valence-corrected chi connectivity index (χ1v) is 11.3. The van der Waals surface area contributed by atoms with Crippen LogP contribution in [-0.4, -0.2) is 36.0 Å². The van der Waals surface area contributed by atoms with Gasteiger partial charge < -0.3 is 15.4 Å². The smallest absolute Gasteiger partial charge is 0.323 e. The number of urea groups is 1. The Bertz CT molecular complexity index is 1080. The van der Waals surface area contributed by atoms with Crippen LogP contribution in [0.15, 0.2) is 78.9 Å². The highest BCUT2D eigenvalue weighted by Crippen LogP contribution is 2.21. The first-order chi connectivity index (χ1) is 16.1. The van der Waals surface area contributed by atoms with Crippen LogP contribution in [0.3, 0.4) is 0 Å². The van der Waals surface area contributed by atoms with Crippen LogP contribution >= 0.6 is 0 Å². The van der Waals surface area contributed by atoms with Gasteiger partial charge in [0.1, 0.15) is 12.5 Å². The van der Waals surface area contributed by atoms with Crippen molar-refractivity contribution >= 4 is 23.2 Å². The lowest BCUT2D eigenvalue weighted by Crippen LogP contribution is -2.39. The normalized spacial score (nSPS) is 15.7. The predicted molar refractivity (Wildman–Crippen MR) is 131 cm³/mol. The summed E-state index contributed by atoms with van der Waals surface area (Å²) in [4.78, 5) is 27.3. The van der Waals surface area contributed by atoms with E-state index in [4.69, 9.17) is 4.74 Å². The fourth-order valence-corrected chi connectivity index (χ4v) is 4.04. The number of amides is 2. The zero-order valence-electron chi connectivity index (χ0n) is 18.8. The van der Waals surface area contributed by atoms with E-state index >= 15 is 0 Å². The second kappa shape index (κ2) is 10.8. The standard InChI is InChI=1S/C27H29N3O3/c1-20-8-5-6-11-24(20)29-27(32)28-22-15-13-21(14-16-22)18-26(31)25-12-7-17-30(25)19-33-23-9-3-2-4-10-23/h2-6,8-11,13-16,25H,7,12,17-19H2,1H3,(H2,28,29,32)/t25-/m0/s1. The van der Waals surface area contributed by atoms with Gasteiger partial charge >= 0.3 is 6.03 Å². The molecule has 1 heterocycles. The van der Waals surface area contributed by atoms with Gasteiger partial charge in [0.2, 0.25) is 0 Å². The van der Waals surface area contributed by atoms with Crippen LogP contribution in [0.1, 0.15) is 24.0 Å². The highest BCUT2D eigenvalue weighted by molar-refractivity contribution is 6.00. The van der Waals surface area contributed by atoms with Crippen LogP contribution in [-0.2, 0) is 11.2 Å². The second-order valence-electron chi connectivity index (χ2n) is 8.29. The molecular weight excluding hydrogens is 414 g/mol. The number of nitrogens with zero attached hydrogens (tertiary/aromatic N) is 1. The van der Waals surface area contributed by atoms with Crippen molar-refractivity contribution in [2.24, 2.45) is 0 Å². The Kier molecular flexibility index (Phi) is 7.37. The third-order valence-electron chi connectivity index (χ3n) is 5.86. The van der Waals surface area contributed by atoms with Gasteiger partial charge in [-0.05, 0) is 61.2 Å². The van der Waals surface area contributed by atoms with Crippen molar-refractivity contribution in [2.75, 3.05) is 23.9 Å². The number of likely N-dealkylation sites (tertiary alicyclic amines) is 1. The Balaban J connectivity index is 1.28. The molecule has 6 nitrogen and oxygen atoms in total. The molecule has 0 unspecified atom stereocenters. The summed E-state index contributed by atoms with van der Waals surface area (Å²) >= 11 is 0. The fourth-order valence-electron chi connectivity index (χ4n) is 4.04. The summed E-state index contributed by atoms with van der Waals surface area (Å²) in [6.07, 6.45) is 2.21. The van der Waals surface area contributed by atoms with E-state index in [0.29, 0.717) is 18.8 Å². The maximum absolute atomic E-state index is 13.0. The van der Waals surface area contributed by atoms with E-state index in [1.807, 2.05) is 85.8 Å². The van der Waals surface area contributed by atoms with Crippen LogP contribution in [0.5, 0.6) is 5.75 Å². The molecule has 1 aliphatic heterocycles. The summed E-state index contributed by atoms with van der Waals surface area (Å²) in [5, 5.41) is 5.68. The molecule has 0 radical (unpaired) electrons. The van der Waals surface area contributed by atoms with E-state index in [9.17, 15) is 9.59 Å². The van der Waals surface area contributed by atoms with Crippen molar-refractivity contribution in [2.45, 2.75) is 32.2 Å². The number of carbonyl (C=O) groups is 2. The molecule has 0 bridgehead atoms. The lowest BCUT2D eigenvalue weighted by atomic mass is 10.0. The number of nitrogens with one attached hydrogen (secondary N) is 2. The SMILES string of the molecule is Cc1ccccc1NC(=O)Nc1ccc(CC(=O)[C@@H]2CCCN2COc2ccccc2)cc1. The number of hydrogen-bond donors (Lipinski definition) is 2. The number of benzene rings is 3. The van der Waals surface area contributed by atoms with Gasteiger partial charge in [0.05, 0.1) is 6.04 Å². The lowest BCUT2D eigenvalue weighted by Gasteiger charge is -2.23. The fraction of sp³-hybridized carbons (Fsp3) is 0.259. The molecule has 170 valence electrons. The monoisotopic (exact) mass is 443 g/mol. The van der Waals surface area contributed by atoms with E-state index in [1.54, 1.807) is 0 Å². The molecule has 1 atom stereocenters. The average Bonchev–Trinajstić information content (AvgIpc) is 3.30. The number of rotatable bonds is 8. The van der Waals surface area contributed by atoms with Gasteiger partial charge in [-0.3, -0.25) is 9.69 Å². The van der Waals surface area contributed by atoms with Gasteiger partial charge in [-0.25, -0.2) is 4.79 Å². The number of anilines is 2. The Hall–Kier alpha value is -3.64. The summed E-state index contributed by atoms with van der Waals surface area (Å²) < 4.78 is 5.85. The number of hydrogen-bond acceptors (Lipinski definition) is 4. The van der Waals surface area contributed by atoms with Crippen LogP contribution in [0.25, 0.3) is 0 Å². The average molecular weight is 444 g/mol. The number of aryl methyl sites for hydroxylation is 1. The van der Waals surface area contributed by atoms with Crippen LogP contribution < -0.4 is 15.4 Å². The third kappa shape index (κ3) is 6.20. The van der Waals surface area contributed by atoms with Gasteiger partial charge in [-0.15, -0.1) is 0 Å². The maximum Gasteiger partial charge on any atom is 0.323 e. The molecule has 1 saturated heterocycles. The number of ketones is 1. The largest absolute Gasteiger partial charge is 0.478 e. The molecule has 3 aromatic carbocycles. The Morgan fingerprint density at radius 2 is 1.67 bits per heavy atom. The maximum atomic E-state index is 13.0. The quantitative estimate of drug-likeness (QED) is 0.499. The molecule has 0 saturated carbocycles. The number of para-hydroxylation sites is 2. The van der Waals surface area contributed by atoms with Gasteiger partial charge in [0, 0.05) is 24.3 Å². The van der Waals surface area contributed by atoms with Crippen molar-refractivity contribution in [3.63, 3.8) is 0 Å². The predicted octanol–water partition coefficient (Wildman–Crippen LogP) is 5.25. The summed E-state index contributed by atoms with van der Waals surface area (Å²) in [6.45, 7) is 3.22. The van der Waals surface area contributed by atoms with Crippen molar-refractivity contribution in [1.82, 2.24) is 4.90 Å². The highest BCUT2D eigenvalue weighted by atomic mass is 16.5. The van der Waals surface area contributed by atoms with E-state index in [0.717, 1.165) is 42.0 Å². The molecule has 0 aliphatic carbocycles. The second-order valence-corrected chi connectivity index (χ2v) is 8.29. The van der Waals surface area contributed by atoms with Crippen LogP contribution in [0, 0.1) is 6.92 Å². The molecule has 6 heteroatoms. The molecule has 2 N–H and O–H groups in total. The summed E-state index contributed by atoms with van der Waals surface area (Å²) in [7, 11) is 0. The molecule has 0 aromatic heterocycles. The number of ether oxygens (including phenoxy) is 1. The van der Waals surface area contributed by atoms with Crippen molar-refractivity contribution in [3.05, 3.63) is 90.0 Å². The Morgan fingerprint density at radius 3 is 2.42 bits per heavy atom. The van der Waals surface area contributed by atoms with Gasteiger partial charge in [0.25, 0.3) is 0 Å². The minimum absolute atomic E-state index is 0.119. The summed E-state index contributed by atoms with van der Waals surface area (Å²) in [5.41, 5.74) is 3.38. The number of Topliss-reactive ketones (excluding diaryl/α,β-unsaturated/α-hetero) is 1. The van der Waals surface area contributed by atoms with Crippen molar-refractivity contribution in [3.8, 4) is 5.75 Å². The molecule has 2 amide bonds. The zero-order valence-corrected chi connectivity index (χ0v) is 18.8. The van der Waals surface area contributed by atoms with E-state index < -0.39 is 0 Å². The van der Waals surface area contributed by atoms with E-state index in [2.05, 4.69) is 15.5 Å². The lowest BCUT2D eigenvalue weighted by molar-refractivity contribution is -0.123. The first-order valence-electron chi connectivity index (χ1n) is 11.3. The minimum Gasteiger partial charge on any atom is -0.478 e. The topological polar surface area (TPSA) is 70.7 Å². The van der Waals surface area contributed by atoms with Crippen molar-refractivity contribution in [1.29, 1.82) is 0 Å². The number of carbonyl (C=O) groups excluding carboxylic acids is 2. The molecule has 0 spiro atoms. The molecule has 1 aliphatic rings. The summed E-state index contributed by atoms with van der Waals surface area (Å²) in [5.74, 6) is 1.01. The molecule has 33 heavy (non-hydrogen) atoms. The van der Waals surface area contributed by atoms with Gasteiger partial charge in [0.15, 0.2) is 5.78 Å². The van der Waals surface area contributed by atoms with Crippen molar-refractivity contribution < 1.29 is 14.3 Å². The van der Waals surface area contributed by atoms with E-state index in [-0.39, 0.29) is 17.9 Å². The van der Waals surface area contributed by atoms with E-state index in [1.165, 1.54) is 0 Å². The Morgan fingerprint density at radius 1 is 0.939 bits per heavy atom. The van der Waals surface area contributed by atoms with Gasteiger partial charge in [-0.1, -0.05) is 48.5 Å². The molecule has 1 fully saturated rings.